The number of nitrogens with zero attached hydrogens (tertiary/aromatic N) is 3. The summed E-state index contributed by atoms with van der Waals surface area (Å²) < 4.78 is 0. The monoisotopic (exact) mass is 266 g/mol. The van der Waals surface area contributed by atoms with E-state index < -0.39 is 0 Å². The summed E-state index contributed by atoms with van der Waals surface area (Å²) in [5, 5.41) is 8.81. The summed E-state index contributed by atoms with van der Waals surface area (Å²) in [4.78, 5) is 6.60. The Hall–Kier alpha value is -2.54. The van der Waals surface area contributed by atoms with E-state index >= 15 is 0 Å². The molecule has 0 radical (unpaired) electrons. The second kappa shape index (κ2) is 6.07. The summed E-state index contributed by atoms with van der Waals surface area (Å²) in [6, 6.07) is 13.9. The normalized spacial score (nSPS) is 10.1. The van der Waals surface area contributed by atoms with Gasteiger partial charge in [0.1, 0.15) is 0 Å². The fourth-order valence-corrected chi connectivity index (χ4v) is 2.09. The van der Waals surface area contributed by atoms with Crippen LogP contribution in [0.25, 0.3) is 0 Å². The first-order valence-electron chi connectivity index (χ1n) is 6.49. The molecule has 2 rings (SSSR count). The number of aryl methyl sites for hydroxylation is 1. The maximum Gasteiger partial charge on any atom is 0.0670 e. The third kappa shape index (κ3) is 3.27. The van der Waals surface area contributed by atoms with Crippen LogP contribution >= 0.6 is 0 Å². The van der Waals surface area contributed by atoms with E-state index in [1.165, 1.54) is 0 Å². The number of nitrogen functional groups attached to an aromatic ring is 1. The molecular weight excluding hydrogens is 248 g/mol. The number of hydrogen-bond donors (Lipinski definition) is 1. The van der Waals surface area contributed by atoms with Gasteiger partial charge in [0.25, 0.3) is 0 Å². The molecule has 0 fully saturated rings. The van der Waals surface area contributed by atoms with Crippen molar-refractivity contribution in [3.63, 3.8) is 0 Å². The van der Waals surface area contributed by atoms with Gasteiger partial charge in [-0.05, 0) is 42.8 Å². The molecule has 102 valence electrons. The lowest BCUT2D eigenvalue weighted by atomic mass is 10.1. The van der Waals surface area contributed by atoms with Gasteiger partial charge in [0.2, 0.25) is 0 Å². The van der Waals surface area contributed by atoms with Crippen molar-refractivity contribution >= 4 is 11.4 Å². The molecule has 4 nitrogen and oxygen atoms in total. The van der Waals surface area contributed by atoms with Crippen LogP contribution in [0, 0.1) is 18.3 Å². The molecule has 2 aromatic rings. The number of anilines is 2. The largest absolute Gasteiger partial charge is 0.398 e. The van der Waals surface area contributed by atoms with Crippen LogP contribution in [0.5, 0.6) is 0 Å². The van der Waals surface area contributed by atoms with E-state index in [0.717, 1.165) is 29.2 Å². The summed E-state index contributed by atoms with van der Waals surface area (Å²) >= 11 is 0. The number of hydrogen-bond acceptors (Lipinski definition) is 4. The summed E-state index contributed by atoms with van der Waals surface area (Å²) in [5.74, 6) is 0. The minimum atomic E-state index is 0.330. The summed E-state index contributed by atoms with van der Waals surface area (Å²) in [6.07, 6.45) is 0.330. The third-order valence-corrected chi connectivity index (χ3v) is 3.18. The molecule has 0 atom stereocenters. The molecule has 0 unspecified atom stereocenters. The second-order valence-corrected chi connectivity index (χ2v) is 4.84. The minimum Gasteiger partial charge on any atom is -0.398 e. The highest BCUT2D eigenvalue weighted by Gasteiger charge is 2.06. The van der Waals surface area contributed by atoms with Crippen molar-refractivity contribution in [2.45, 2.75) is 19.9 Å². The predicted molar refractivity (Wildman–Crippen MR) is 81.3 cm³/mol. The van der Waals surface area contributed by atoms with Gasteiger partial charge in [0, 0.05) is 24.1 Å². The number of benzene rings is 1. The number of aromatic nitrogens is 1. The number of nitriles is 1. The van der Waals surface area contributed by atoms with Gasteiger partial charge in [-0.1, -0.05) is 6.07 Å². The van der Waals surface area contributed by atoms with E-state index in [4.69, 9.17) is 11.0 Å². The van der Waals surface area contributed by atoms with Crippen LogP contribution in [0.4, 0.5) is 11.4 Å². The Bertz CT molecular complexity index is 643. The quantitative estimate of drug-likeness (QED) is 0.864. The van der Waals surface area contributed by atoms with Gasteiger partial charge < -0.3 is 10.6 Å². The van der Waals surface area contributed by atoms with E-state index in [2.05, 4.69) is 16.0 Å². The molecule has 1 aromatic heterocycles. The fourth-order valence-electron chi connectivity index (χ4n) is 2.09. The Labute approximate surface area is 119 Å². The van der Waals surface area contributed by atoms with Crippen LogP contribution in [0.15, 0.2) is 36.4 Å². The van der Waals surface area contributed by atoms with Crippen LogP contribution < -0.4 is 10.6 Å². The van der Waals surface area contributed by atoms with Crippen LogP contribution in [-0.2, 0) is 13.0 Å². The highest BCUT2D eigenvalue weighted by atomic mass is 15.1. The van der Waals surface area contributed by atoms with E-state index in [-0.39, 0.29) is 0 Å². The van der Waals surface area contributed by atoms with Crippen molar-refractivity contribution in [1.29, 1.82) is 5.26 Å². The van der Waals surface area contributed by atoms with E-state index in [9.17, 15) is 0 Å². The van der Waals surface area contributed by atoms with Gasteiger partial charge >= 0.3 is 0 Å². The smallest absolute Gasteiger partial charge is 0.0670 e. The van der Waals surface area contributed by atoms with Crippen LogP contribution in [-0.4, -0.2) is 12.0 Å². The average molecular weight is 266 g/mol. The Morgan fingerprint density at radius 3 is 2.80 bits per heavy atom. The topological polar surface area (TPSA) is 65.9 Å². The first-order valence-corrected chi connectivity index (χ1v) is 6.49. The molecule has 1 aromatic carbocycles. The Morgan fingerprint density at radius 2 is 2.10 bits per heavy atom. The first-order chi connectivity index (χ1) is 9.60. The van der Waals surface area contributed by atoms with E-state index in [0.29, 0.717) is 12.1 Å². The van der Waals surface area contributed by atoms with Crippen molar-refractivity contribution < 1.29 is 0 Å². The number of rotatable bonds is 4. The maximum absolute atomic E-state index is 8.81. The molecule has 2 N–H and O–H groups in total. The fraction of sp³-hybridized carbons (Fsp3) is 0.250. The highest BCUT2D eigenvalue weighted by molar-refractivity contribution is 5.59. The molecule has 0 saturated heterocycles. The molecule has 0 saturated carbocycles. The zero-order valence-electron chi connectivity index (χ0n) is 11.8. The average Bonchev–Trinajstić information content (AvgIpc) is 2.41. The van der Waals surface area contributed by atoms with Gasteiger partial charge in [-0.15, -0.1) is 0 Å². The molecular formula is C16H18N4. The number of pyridine rings is 1. The molecule has 20 heavy (non-hydrogen) atoms. The number of nitrogens with two attached hydrogens (primary N) is 1. The molecule has 0 aliphatic carbocycles. The molecule has 0 amide bonds. The molecule has 4 heteroatoms. The van der Waals surface area contributed by atoms with E-state index in [1.807, 2.05) is 50.4 Å². The molecule has 0 aliphatic rings. The Kier molecular flexibility index (Phi) is 4.21. The minimum absolute atomic E-state index is 0.330. The molecule has 1 heterocycles. The van der Waals surface area contributed by atoms with Crippen molar-refractivity contribution in [2.75, 3.05) is 17.7 Å². The van der Waals surface area contributed by atoms with Crippen LogP contribution in [0.1, 0.15) is 17.0 Å². The van der Waals surface area contributed by atoms with E-state index in [1.54, 1.807) is 0 Å². The van der Waals surface area contributed by atoms with Gasteiger partial charge in [0.05, 0.1) is 24.7 Å². The SMILES string of the molecule is Cc1cccc(CN(C)c2ccc(N)c(CC#N)c2)n1. The van der Waals surface area contributed by atoms with Crippen molar-refractivity contribution in [1.82, 2.24) is 4.98 Å². The lowest BCUT2D eigenvalue weighted by molar-refractivity contribution is 0.876. The molecule has 0 spiro atoms. The molecule has 0 bridgehead atoms. The lowest BCUT2D eigenvalue weighted by Crippen LogP contribution is -2.17. The third-order valence-electron chi connectivity index (χ3n) is 3.18. The Balaban J connectivity index is 2.19. The summed E-state index contributed by atoms with van der Waals surface area (Å²) in [6.45, 7) is 2.70. The zero-order chi connectivity index (χ0) is 14.5. The molecule has 0 aliphatic heterocycles. The highest BCUT2D eigenvalue weighted by Crippen LogP contribution is 2.22. The lowest BCUT2D eigenvalue weighted by Gasteiger charge is -2.20. The van der Waals surface area contributed by atoms with Crippen molar-refractivity contribution in [3.8, 4) is 6.07 Å². The predicted octanol–water partition coefficient (Wildman–Crippen LogP) is 2.67. The second-order valence-electron chi connectivity index (χ2n) is 4.84. The van der Waals surface area contributed by atoms with Crippen molar-refractivity contribution in [2.24, 2.45) is 0 Å². The van der Waals surface area contributed by atoms with Crippen LogP contribution in [0.3, 0.4) is 0 Å². The van der Waals surface area contributed by atoms with Gasteiger partial charge in [-0.25, -0.2) is 0 Å². The standard InChI is InChI=1S/C16H18N4/c1-12-4-3-5-14(19-12)11-20(2)15-6-7-16(18)13(10-15)8-9-17/h3-7,10H,8,11,18H2,1-2H3. The summed E-state index contributed by atoms with van der Waals surface area (Å²) in [7, 11) is 2.01. The zero-order valence-corrected chi connectivity index (χ0v) is 11.8. The Morgan fingerprint density at radius 1 is 1.30 bits per heavy atom. The first kappa shape index (κ1) is 13.9. The van der Waals surface area contributed by atoms with Crippen LogP contribution in [0.2, 0.25) is 0 Å². The van der Waals surface area contributed by atoms with Gasteiger partial charge in [-0.3, -0.25) is 4.98 Å². The van der Waals surface area contributed by atoms with Crippen molar-refractivity contribution in [3.05, 3.63) is 53.3 Å². The maximum atomic E-state index is 8.81. The van der Waals surface area contributed by atoms with Gasteiger partial charge in [-0.2, -0.15) is 5.26 Å². The summed E-state index contributed by atoms with van der Waals surface area (Å²) in [5.41, 5.74) is 10.5. The van der Waals surface area contributed by atoms with Gasteiger partial charge in [0.15, 0.2) is 0 Å².